The van der Waals surface area contributed by atoms with Gasteiger partial charge in [0.1, 0.15) is 0 Å². The highest BCUT2D eigenvalue weighted by molar-refractivity contribution is 6.30. The van der Waals surface area contributed by atoms with Crippen molar-refractivity contribution in [1.82, 2.24) is 15.5 Å². The van der Waals surface area contributed by atoms with Gasteiger partial charge in [-0.2, -0.15) is 4.98 Å². The second-order valence-electron chi connectivity index (χ2n) is 6.19. The van der Waals surface area contributed by atoms with Crippen molar-refractivity contribution in [2.24, 2.45) is 4.99 Å². The standard InChI is InChI=1S/C21H24ClN5O3/c1-4-29-18-13-16(9-10-17(18)28-3)25-21(23-2)24-12-11-19-26-20(27-30-19)14-5-7-15(22)8-6-14/h5-10,13H,4,11-12H2,1-3H3,(H2,23,24,25). The normalized spacial score (nSPS) is 11.3. The van der Waals surface area contributed by atoms with Crippen LogP contribution in [0.3, 0.4) is 0 Å². The van der Waals surface area contributed by atoms with Crippen LogP contribution in [-0.4, -0.2) is 43.4 Å². The predicted octanol–water partition coefficient (Wildman–Crippen LogP) is 4.03. The molecule has 0 radical (unpaired) electrons. The molecule has 0 aliphatic carbocycles. The third-order valence-corrected chi connectivity index (χ3v) is 4.40. The molecule has 0 spiro atoms. The molecular formula is C21H24ClN5O3. The zero-order valence-electron chi connectivity index (χ0n) is 17.1. The number of methoxy groups -OCH3 is 1. The third-order valence-electron chi connectivity index (χ3n) is 4.15. The molecule has 8 nitrogen and oxygen atoms in total. The molecule has 0 unspecified atom stereocenters. The predicted molar refractivity (Wildman–Crippen MR) is 118 cm³/mol. The number of halogens is 1. The van der Waals surface area contributed by atoms with Gasteiger partial charge in [-0.15, -0.1) is 0 Å². The average Bonchev–Trinajstić information content (AvgIpc) is 3.23. The molecule has 30 heavy (non-hydrogen) atoms. The maximum Gasteiger partial charge on any atom is 0.228 e. The van der Waals surface area contributed by atoms with E-state index in [1.54, 1.807) is 26.3 Å². The Hall–Kier alpha value is -3.26. The first-order valence-corrected chi connectivity index (χ1v) is 9.87. The number of rotatable bonds is 8. The van der Waals surface area contributed by atoms with Gasteiger partial charge < -0.3 is 24.6 Å². The summed E-state index contributed by atoms with van der Waals surface area (Å²) in [5.41, 5.74) is 1.68. The molecule has 2 aromatic carbocycles. The van der Waals surface area contributed by atoms with Crippen LogP contribution in [-0.2, 0) is 6.42 Å². The van der Waals surface area contributed by atoms with Gasteiger partial charge in [-0.3, -0.25) is 4.99 Å². The van der Waals surface area contributed by atoms with E-state index in [2.05, 4.69) is 25.8 Å². The van der Waals surface area contributed by atoms with Gasteiger partial charge in [0.05, 0.1) is 13.7 Å². The molecule has 0 aliphatic rings. The number of aromatic nitrogens is 2. The van der Waals surface area contributed by atoms with E-state index in [-0.39, 0.29) is 0 Å². The molecule has 1 aromatic heterocycles. The molecule has 1 heterocycles. The molecule has 2 N–H and O–H groups in total. The molecule has 158 valence electrons. The van der Waals surface area contributed by atoms with E-state index in [0.29, 0.717) is 53.8 Å². The number of ether oxygens (including phenoxy) is 2. The van der Waals surface area contributed by atoms with Gasteiger partial charge in [0.2, 0.25) is 11.7 Å². The van der Waals surface area contributed by atoms with Crippen molar-refractivity contribution < 1.29 is 14.0 Å². The molecule has 3 aromatic rings. The Bertz CT molecular complexity index is 989. The molecule has 0 saturated carbocycles. The van der Waals surface area contributed by atoms with Crippen molar-refractivity contribution in [3.05, 3.63) is 53.4 Å². The first-order chi connectivity index (χ1) is 14.6. The van der Waals surface area contributed by atoms with E-state index >= 15 is 0 Å². The van der Waals surface area contributed by atoms with Crippen LogP contribution in [0.2, 0.25) is 5.02 Å². The fraction of sp³-hybridized carbons (Fsp3) is 0.286. The largest absolute Gasteiger partial charge is 0.493 e. The zero-order valence-corrected chi connectivity index (χ0v) is 17.9. The van der Waals surface area contributed by atoms with Crippen molar-refractivity contribution in [2.45, 2.75) is 13.3 Å². The summed E-state index contributed by atoms with van der Waals surface area (Å²) in [5.74, 6) is 3.02. The Morgan fingerprint density at radius 1 is 1.17 bits per heavy atom. The number of benzene rings is 2. The Morgan fingerprint density at radius 3 is 2.67 bits per heavy atom. The van der Waals surface area contributed by atoms with Gasteiger partial charge in [-0.25, -0.2) is 0 Å². The summed E-state index contributed by atoms with van der Waals surface area (Å²) >= 11 is 5.91. The number of hydrogen-bond acceptors (Lipinski definition) is 6. The second-order valence-corrected chi connectivity index (χ2v) is 6.63. The summed E-state index contributed by atoms with van der Waals surface area (Å²) in [6.45, 7) is 3.04. The highest BCUT2D eigenvalue weighted by Gasteiger charge is 2.10. The number of guanidine groups is 1. The molecule has 0 aliphatic heterocycles. The van der Waals surface area contributed by atoms with Crippen molar-refractivity contribution in [1.29, 1.82) is 0 Å². The lowest BCUT2D eigenvalue weighted by Gasteiger charge is -2.14. The first-order valence-electron chi connectivity index (χ1n) is 9.50. The Kier molecular flexibility index (Phi) is 7.51. The summed E-state index contributed by atoms with van der Waals surface area (Å²) in [6.07, 6.45) is 0.550. The van der Waals surface area contributed by atoms with Gasteiger partial charge in [0.25, 0.3) is 0 Å². The first kappa shape index (κ1) is 21.4. The molecule has 0 saturated heterocycles. The average molecular weight is 430 g/mol. The molecule has 0 fully saturated rings. The quantitative estimate of drug-likeness (QED) is 0.412. The van der Waals surface area contributed by atoms with E-state index in [1.807, 2.05) is 37.3 Å². The van der Waals surface area contributed by atoms with E-state index in [9.17, 15) is 0 Å². The van der Waals surface area contributed by atoms with Crippen LogP contribution >= 0.6 is 11.6 Å². The minimum atomic E-state index is 0.533. The van der Waals surface area contributed by atoms with Gasteiger partial charge >= 0.3 is 0 Å². The maximum absolute atomic E-state index is 5.91. The highest BCUT2D eigenvalue weighted by Crippen LogP contribution is 2.30. The number of hydrogen-bond donors (Lipinski definition) is 2. The summed E-state index contributed by atoms with van der Waals surface area (Å²) in [6, 6.07) is 12.9. The van der Waals surface area contributed by atoms with Crippen molar-refractivity contribution in [3.63, 3.8) is 0 Å². The van der Waals surface area contributed by atoms with E-state index in [1.165, 1.54) is 0 Å². The zero-order chi connectivity index (χ0) is 21.3. The van der Waals surface area contributed by atoms with E-state index in [4.69, 9.17) is 25.6 Å². The fourth-order valence-electron chi connectivity index (χ4n) is 2.70. The van der Waals surface area contributed by atoms with Crippen LogP contribution in [0, 0.1) is 0 Å². The lowest BCUT2D eigenvalue weighted by molar-refractivity contribution is 0.311. The lowest BCUT2D eigenvalue weighted by atomic mass is 10.2. The summed E-state index contributed by atoms with van der Waals surface area (Å²) in [5, 5.41) is 11.1. The van der Waals surface area contributed by atoms with Crippen molar-refractivity contribution >= 4 is 23.2 Å². The minimum absolute atomic E-state index is 0.533. The Balaban J connectivity index is 1.55. The van der Waals surface area contributed by atoms with Gasteiger partial charge in [0, 0.05) is 42.4 Å². The van der Waals surface area contributed by atoms with E-state index < -0.39 is 0 Å². The second kappa shape index (κ2) is 10.5. The van der Waals surface area contributed by atoms with Crippen LogP contribution in [0.5, 0.6) is 11.5 Å². The van der Waals surface area contributed by atoms with Crippen LogP contribution in [0.15, 0.2) is 52.0 Å². The topological polar surface area (TPSA) is 93.8 Å². The van der Waals surface area contributed by atoms with Crippen LogP contribution < -0.4 is 20.1 Å². The third kappa shape index (κ3) is 5.64. The molecular weight excluding hydrogens is 406 g/mol. The van der Waals surface area contributed by atoms with Crippen LogP contribution in [0.25, 0.3) is 11.4 Å². The molecule has 0 amide bonds. The summed E-state index contributed by atoms with van der Waals surface area (Å²) < 4.78 is 16.2. The number of anilines is 1. The Labute approximate surface area is 180 Å². The van der Waals surface area contributed by atoms with Crippen LogP contribution in [0.1, 0.15) is 12.8 Å². The maximum atomic E-state index is 5.91. The monoisotopic (exact) mass is 429 g/mol. The molecule has 0 bridgehead atoms. The number of aliphatic imine (C=N–C) groups is 1. The fourth-order valence-corrected chi connectivity index (χ4v) is 2.83. The van der Waals surface area contributed by atoms with Gasteiger partial charge in [-0.1, -0.05) is 16.8 Å². The van der Waals surface area contributed by atoms with Gasteiger partial charge in [-0.05, 0) is 43.3 Å². The summed E-state index contributed by atoms with van der Waals surface area (Å²) in [7, 11) is 3.31. The highest BCUT2D eigenvalue weighted by atomic mass is 35.5. The molecule has 3 rings (SSSR count). The number of nitrogens with one attached hydrogen (secondary N) is 2. The van der Waals surface area contributed by atoms with Crippen molar-refractivity contribution in [3.8, 4) is 22.9 Å². The van der Waals surface area contributed by atoms with Gasteiger partial charge in [0.15, 0.2) is 17.5 Å². The summed E-state index contributed by atoms with van der Waals surface area (Å²) in [4.78, 5) is 8.65. The molecule has 9 heteroatoms. The minimum Gasteiger partial charge on any atom is -0.493 e. The smallest absolute Gasteiger partial charge is 0.228 e. The number of nitrogens with zero attached hydrogens (tertiary/aromatic N) is 3. The molecule has 0 atom stereocenters. The van der Waals surface area contributed by atoms with Crippen molar-refractivity contribution in [2.75, 3.05) is 32.6 Å². The van der Waals surface area contributed by atoms with E-state index in [0.717, 1.165) is 11.3 Å². The lowest BCUT2D eigenvalue weighted by Crippen LogP contribution is -2.32. The van der Waals surface area contributed by atoms with Crippen LogP contribution in [0.4, 0.5) is 5.69 Å². The Morgan fingerprint density at radius 2 is 1.97 bits per heavy atom. The SMILES string of the molecule is CCOc1cc(NC(=NC)NCCc2nc(-c3ccc(Cl)cc3)no2)ccc1OC.